The quantitative estimate of drug-likeness (QED) is 0.901. The molecule has 20 heavy (non-hydrogen) atoms. The maximum absolute atomic E-state index is 12.6. The summed E-state index contributed by atoms with van der Waals surface area (Å²) in [6.45, 7) is -2.88. The largest absolute Gasteiger partial charge is 0.486 e. The van der Waals surface area contributed by atoms with E-state index in [1.165, 1.54) is 24.4 Å². The summed E-state index contributed by atoms with van der Waals surface area (Å²) in [6.07, 6.45) is 2.39. The molecule has 1 N–H and O–H groups in total. The molecule has 0 bridgehead atoms. The molecule has 0 amide bonds. The predicted molar refractivity (Wildman–Crippen MR) is 68.9 cm³/mol. The Labute approximate surface area is 120 Å². The van der Waals surface area contributed by atoms with Gasteiger partial charge in [0.15, 0.2) is 5.82 Å². The molecule has 0 fully saturated rings. The van der Waals surface area contributed by atoms with Gasteiger partial charge in [-0.2, -0.15) is 8.78 Å². The summed E-state index contributed by atoms with van der Waals surface area (Å²) in [7, 11) is 0. The summed E-state index contributed by atoms with van der Waals surface area (Å²) in [5.41, 5.74) is 0.0275. The van der Waals surface area contributed by atoms with Gasteiger partial charge in [-0.05, 0) is 34.1 Å². The van der Waals surface area contributed by atoms with Crippen molar-refractivity contribution >= 4 is 21.9 Å². The van der Waals surface area contributed by atoms with Crippen LogP contribution in [0.1, 0.15) is 22.7 Å². The Morgan fingerprint density at radius 3 is 2.90 bits per heavy atom. The molecule has 1 aromatic carbocycles. The van der Waals surface area contributed by atoms with Crippen LogP contribution in [0.4, 0.5) is 8.78 Å². The van der Waals surface area contributed by atoms with E-state index in [1.807, 2.05) is 0 Å². The van der Waals surface area contributed by atoms with Crippen molar-refractivity contribution in [3.05, 3.63) is 46.5 Å². The molecule has 8 heteroatoms. The second-order valence-corrected chi connectivity index (χ2v) is 4.62. The highest BCUT2D eigenvalue weighted by Crippen LogP contribution is 2.23. The van der Waals surface area contributed by atoms with Gasteiger partial charge in [0.1, 0.15) is 12.4 Å². The number of hydrogen-bond acceptors (Lipinski definition) is 3. The highest BCUT2D eigenvalue weighted by molar-refractivity contribution is 9.10. The van der Waals surface area contributed by atoms with Crippen molar-refractivity contribution in [1.82, 2.24) is 9.55 Å². The number of benzene rings is 1. The number of ether oxygens (including phenoxy) is 1. The van der Waals surface area contributed by atoms with Crippen LogP contribution in [0.5, 0.6) is 5.75 Å². The molecule has 0 aliphatic rings. The Balaban J connectivity index is 2.13. The summed E-state index contributed by atoms with van der Waals surface area (Å²) in [6, 6.07) is 4.35. The summed E-state index contributed by atoms with van der Waals surface area (Å²) in [4.78, 5) is 14.7. The van der Waals surface area contributed by atoms with Crippen LogP contribution in [0.25, 0.3) is 0 Å². The highest BCUT2D eigenvalue weighted by Gasteiger charge is 2.13. The molecular formula is C12H9BrF2N2O3. The lowest BCUT2D eigenvalue weighted by molar-refractivity contribution is 0.0632. The Morgan fingerprint density at radius 2 is 2.25 bits per heavy atom. The molecule has 0 radical (unpaired) electrons. The van der Waals surface area contributed by atoms with Crippen LogP contribution < -0.4 is 4.74 Å². The van der Waals surface area contributed by atoms with Crippen molar-refractivity contribution < 1.29 is 23.4 Å². The Hall–Kier alpha value is -1.96. The summed E-state index contributed by atoms with van der Waals surface area (Å²) >= 11 is 3.10. The fourth-order valence-corrected chi connectivity index (χ4v) is 1.96. The number of carbonyl (C=O) groups is 1. The van der Waals surface area contributed by atoms with Gasteiger partial charge in [-0.25, -0.2) is 9.78 Å². The van der Waals surface area contributed by atoms with Gasteiger partial charge in [0.2, 0.25) is 0 Å². The minimum absolute atomic E-state index is 0.0275. The van der Waals surface area contributed by atoms with Gasteiger partial charge >= 0.3 is 12.5 Å². The highest BCUT2D eigenvalue weighted by atomic mass is 79.9. The zero-order valence-corrected chi connectivity index (χ0v) is 11.5. The normalized spacial score (nSPS) is 10.8. The number of rotatable bonds is 5. The maximum atomic E-state index is 12.6. The van der Waals surface area contributed by atoms with Gasteiger partial charge < -0.3 is 9.84 Å². The first-order valence-corrected chi connectivity index (χ1v) is 6.24. The molecule has 106 valence electrons. The van der Waals surface area contributed by atoms with E-state index in [1.54, 1.807) is 0 Å². The van der Waals surface area contributed by atoms with Crippen LogP contribution in [-0.2, 0) is 6.61 Å². The van der Waals surface area contributed by atoms with E-state index >= 15 is 0 Å². The molecule has 0 spiro atoms. The third kappa shape index (κ3) is 3.13. The first-order valence-electron chi connectivity index (χ1n) is 5.44. The third-order valence-electron chi connectivity index (χ3n) is 2.50. The zero-order valence-electron chi connectivity index (χ0n) is 9.96. The molecular weight excluding hydrogens is 338 g/mol. The summed E-state index contributed by atoms with van der Waals surface area (Å²) in [5, 5.41) is 8.96. The van der Waals surface area contributed by atoms with E-state index in [2.05, 4.69) is 20.9 Å². The van der Waals surface area contributed by atoms with Crippen molar-refractivity contribution in [3.8, 4) is 5.75 Å². The second kappa shape index (κ2) is 6.00. The fourth-order valence-electron chi connectivity index (χ4n) is 1.54. The maximum Gasteiger partial charge on any atom is 0.336 e. The van der Waals surface area contributed by atoms with E-state index in [0.29, 0.717) is 9.04 Å². The van der Waals surface area contributed by atoms with Crippen LogP contribution >= 0.6 is 15.9 Å². The number of carboxylic acid groups (broad SMARTS) is 1. The molecule has 2 aromatic rings. The number of alkyl halides is 2. The molecule has 0 aliphatic heterocycles. The number of nitrogens with zero attached hydrogens (tertiary/aromatic N) is 2. The molecule has 1 aromatic heterocycles. The SMILES string of the molecule is O=C(O)c1cc(OCc2nccn2C(F)F)ccc1Br. The molecule has 0 saturated heterocycles. The fraction of sp³-hybridized carbons (Fsp3) is 0.167. The van der Waals surface area contributed by atoms with E-state index in [0.717, 1.165) is 6.20 Å². The van der Waals surface area contributed by atoms with Crippen molar-refractivity contribution in [2.45, 2.75) is 13.2 Å². The molecule has 0 aliphatic carbocycles. The summed E-state index contributed by atoms with van der Waals surface area (Å²) < 4.78 is 31.6. The molecule has 0 saturated carbocycles. The van der Waals surface area contributed by atoms with Crippen LogP contribution in [-0.4, -0.2) is 20.6 Å². The number of hydrogen-bond donors (Lipinski definition) is 1. The van der Waals surface area contributed by atoms with E-state index in [9.17, 15) is 13.6 Å². The monoisotopic (exact) mass is 346 g/mol. The Bertz CT molecular complexity index is 631. The van der Waals surface area contributed by atoms with Crippen LogP contribution in [0, 0.1) is 0 Å². The van der Waals surface area contributed by atoms with E-state index in [4.69, 9.17) is 9.84 Å². The van der Waals surface area contributed by atoms with Crippen molar-refractivity contribution in [3.63, 3.8) is 0 Å². The standard InChI is InChI=1S/C12H9BrF2N2O3/c13-9-2-1-7(5-8(9)11(18)19)20-6-10-16-3-4-17(10)12(14)15/h1-5,12H,6H2,(H,18,19). The topological polar surface area (TPSA) is 64.3 Å². The van der Waals surface area contributed by atoms with Gasteiger partial charge in [0.05, 0.1) is 5.56 Å². The number of imidazole rings is 1. The number of aromatic carboxylic acids is 1. The Kier molecular flexibility index (Phi) is 4.33. The smallest absolute Gasteiger partial charge is 0.336 e. The average molecular weight is 347 g/mol. The first-order chi connectivity index (χ1) is 9.49. The number of halogens is 3. The van der Waals surface area contributed by atoms with Crippen LogP contribution in [0.15, 0.2) is 35.1 Å². The minimum Gasteiger partial charge on any atom is -0.486 e. The van der Waals surface area contributed by atoms with Gasteiger partial charge in [0, 0.05) is 16.9 Å². The van der Waals surface area contributed by atoms with Gasteiger partial charge in [-0.3, -0.25) is 4.57 Å². The molecule has 1 heterocycles. The van der Waals surface area contributed by atoms with Gasteiger partial charge in [-0.15, -0.1) is 0 Å². The van der Waals surface area contributed by atoms with Crippen LogP contribution in [0.3, 0.4) is 0 Å². The van der Waals surface area contributed by atoms with E-state index < -0.39 is 12.5 Å². The molecule has 0 unspecified atom stereocenters. The molecule has 2 rings (SSSR count). The number of aromatic nitrogens is 2. The summed E-state index contributed by atoms with van der Waals surface area (Å²) in [5.74, 6) is -0.800. The Morgan fingerprint density at radius 1 is 1.50 bits per heavy atom. The molecule has 0 atom stereocenters. The zero-order chi connectivity index (χ0) is 14.7. The lowest BCUT2D eigenvalue weighted by Crippen LogP contribution is -2.07. The van der Waals surface area contributed by atoms with Crippen molar-refractivity contribution in [2.24, 2.45) is 0 Å². The van der Waals surface area contributed by atoms with Crippen molar-refractivity contribution in [1.29, 1.82) is 0 Å². The number of carboxylic acids is 1. The van der Waals surface area contributed by atoms with Gasteiger partial charge in [0.25, 0.3) is 0 Å². The van der Waals surface area contributed by atoms with Gasteiger partial charge in [-0.1, -0.05) is 0 Å². The second-order valence-electron chi connectivity index (χ2n) is 3.76. The van der Waals surface area contributed by atoms with Crippen molar-refractivity contribution in [2.75, 3.05) is 0 Å². The predicted octanol–water partition coefficient (Wildman–Crippen LogP) is 3.32. The minimum atomic E-state index is -2.70. The lowest BCUT2D eigenvalue weighted by Gasteiger charge is -2.09. The van der Waals surface area contributed by atoms with E-state index in [-0.39, 0.29) is 23.7 Å². The van der Waals surface area contributed by atoms with Crippen LogP contribution in [0.2, 0.25) is 0 Å². The average Bonchev–Trinajstić information content (AvgIpc) is 2.86. The first kappa shape index (κ1) is 14.4. The molecule has 5 nitrogen and oxygen atoms in total. The third-order valence-corrected chi connectivity index (χ3v) is 3.19. The lowest BCUT2D eigenvalue weighted by atomic mass is 10.2.